The molecule has 2 aliphatic heterocycles. The SMILES string of the molecule is CCCCc1cc2nc(N)nc(N3CC4CCCNC4C3)c2s1. The molecule has 2 aromatic rings. The smallest absolute Gasteiger partial charge is 0.222 e. The number of nitrogen functional groups attached to an aromatic ring is 1. The van der Waals surface area contributed by atoms with Crippen molar-refractivity contribution in [2.45, 2.75) is 45.1 Å². The number of fused-ring (bicyclic) bond motifs is 2. The molecule has 6 heteroatoms. The van der Waals surface area contributed by atoms with Gasteiger partial charge in [-0.1, -0.05) is 13.3 Å². The Balaban J connectivity index is 1.67. The van der Waals surface area contributed by atoms with Gasteiger partial charge in [-0.15, -0.1) is 11.3 Å². The number of aromatic nitrogens is 2. The first-order valence-corrected chi connectivity index (χ1v) is 9.60. The fourth-order valence-electron chi connectivity index (χ4n) is 3.89. The zero-order valence-corrected chi connectivity index (χ0v) is 14.5. The summed E-state index contributed by atoms with van der Waals surface area (Å²) in [6.07, 6.45) is 6.18. The number of piperidine rings is 1. The highest BCUT2D eigenvalue weighted by molar-refractivity contribution is 7.19. The van der Waals surface area contributed by atoms with E-state index in [9.17, 15) is 0 Å². The van der Waals surface area contributed by atoms with Gasteiger partial charge in [0, 0.05) is 24.0 Å². The average Bonchev–Trinajstić information content (AvgIpc) is 3.15. The molecule has 124 valence electrons. The minimum atomic E-state index is 0.398. The summed E-state index contributed by atoms with van der Waals surface area (Å²) in [5, 5.41) is 3.66. The zero-order chi connectivity index (χ0) is 15.8. The van der Waals surface area contributed by atoms with Crippen molar-refractivity contribution in [3.8, 4) is 0 Å². The van der Waals surface area contributed by atoms with Crippen LogP contribution >= 0.6 is 11.3 Å². The minimum absolute atomic E-state index is 0.398. The Morgan fingerprint density at radius 3 is 3.13 bits per heavy atom. The second-order valence-corrected chi connectivity index (χ2v) is 7.94. The first-order valence-electron chi connectivity index (χ1n) is 8.79. The van der Waals surface area contributed by atoms with E-state index in [1.165, 1.54) is 35.3 Å². The highest BCUT2D eigenvalue weighted by atomic mass is 32.1. The Hall–Kier alpha value is -1.40. The topological polar surface area (TPSA) is 67.1 Å². The van der Waals surface area contributed by atoms with Gasteiger partial charge in [-0.05, 0) is 44.2 Å². The molecule has 2 aromatic heterocycles. The van der Waals surface area contributed by atoms with Crippen molar-refractivity contribution >= 4 is 33.3 Å². The first-order chi connectivity index (χ1) is 11.2. The van der Waals surface area contributed by atoms with Crippen LogP contribution in [0.4, 0.5) is 11.8 Å². The molecule has 0 amide bonds. The van der Waals surface area contributed by atoms with Crippen LogP contribution in [-0.2, 0) is 6.42 Å². The Morgan fingerprint density at radius 2 is 2.30 bits per heavy atom. The molecule has 2 saturated heterocycles. The standard InChI is InChI=1S/C17H25N5S/c1-2-3-6-12-8-13-15(23-12)16(21-17(18)20-13)22-9-11-5-4-7-19-14(11)10-22/h8,11,14,19H,2-7,9-10H2,1H3,(H2,18,20,21). The van der Waals surface area contributed by atoms with Gasteiger partial charge in [-0.3, -0.25) is 0 Å². The van der Waals surface area contributed by atoms with Crippen molar-refractivity contribution in [3.63, 3.8) is 0 Å². The van der Waals surface area contributed by atoms with Gasteiger partial charge in [0.15, 0.2) is 5.82 Å². The lowest BCUT2D eigenvalue weighted by molar-refractivity contribution is 0.340. The molecule has 0 bridgehead atoms. The number of rotatable bonds is 4. The molecular formula is C17H25N5S. The minimum Gasteiger partial charge on any atom is -0.368 e. The number of aryl methyl sites for hydroxylation is 1. The summed E-state index contributed by atoms with van der Waals surface area (Å²) in [6, 6.07) is 2.81. The second kappa shape index (κ2) is 6.24. The summed E-state index contributed by atoms with van der Waals surface area (Å²) < 4.78 is 1.21. The second-order valence-electron chi connectivity index (χ2n) is 6.80. The van der Waals surface area contributed by atoms with E-state index in [4.69, 9.17) is 5.73 Å². The number of nitrogens with one attached hydrogen (secondary N) is 1. The third-order valence-corrected chi connectivity index (χ3v) is 6.28. The van der Waals surface area contributed by atoms with E-state index < -0.39 is 0 Å². The third kappa shape index (κ3) is 2.90. The highest BCUT2D eigenvalue weighted by Gasteiger charge is 2.35. The lowest BCUT2D eigenvalue weighted by Crippen LogP contribution is -2.40. The zero-order valence-electron chi connectivity index (χ0n) is 13.7. The van der Waals surface area contributed by atoms with Crippen LogP contribution in [0, 0.1) is 5.92 Å². The third-order valence-electron chi connectivity index (χ3n) is 5.10. The Kier molecular flexibility index (Phi) is 4.11. The molecule has 2 aliphatic rings. The summed E-state index contributed by atoms with van der Waals surface area (Å²) >= 11 is 1.85. The van der Waals surface area contributed by atoms with Crippen molar-refractivity contribution in [2.75, 3.05) is 30.3 Å². The number of anilines is 2. The molecule has 23 heavy (non-hydrogen) atoms. The lowest BCUT2D eigenvalue weighted by Gasteiger charge is -2.24. The number of nitrogens with zero attached hydrogens (tertiary/aromatic N) is 3. The molecule has 0 aromatic carbocycles. The number of unbranched alkanes of at least 4 members (excludes halogenated alkanes) is 1. The van der Waals surface area contributed by atoms with Gasteiger partial charge in [0.2, 0.25) is 5.95 Å². The Labute approximate surface area is 141 Å². The monoisotopic (exact) mass is 331 g/mol. The van der Waals surface area contributed by atoms with Crippen LogP contribution in [0.3, 0.4) is 0 Å². The Morgan fingerprint density at radius 1 is 1.39 bits per heavy atom. The van der Waals surface area contributed by atoms with Crippen LogP contribution < -0.4 is 16.0 Å². The predicted molar refractivity (Wildman–Crippen MR) is 97.2 cm³/mol. The molecule has 3 N–H and O–H groups in total. The van der Waals surface area contributed by atoms with E-state index in [1.807, 2.05) is 11.3 Å². The lowest BCUT2D eigenvalue weighted by atomic mass is 9.94. The van der Waals surface area contributed by atoms with Crippen LogP contribution in [0.25, 0.3) is 10.2 Å². The van der Waals surface area contributed by atoms with Gasteiger partial charge in [0.1, 0.15) is 0 Å². The normalized spacial score (nSPS) is 24.3. The molecule has 4 heterocycles. The highest BCUT2D eigenvalue weighted by Crippen LogP contribution is 2.36. The van der Waals surface area contributed by atoms with Gasteiger partial charge < -0.3 is 16.0 Å². The van der Waals surface area contributed by atoms with Crippen LogP contribution in [0.2, 0.25) is 0 Å². The molecule has 0 spiro atoms. The molecule has 5 nitrogen and oxygen atoms in total. The molecule has 0 radical (unpaired) electrons. The van der Waals surface area contributed by atoms with E-state index in [1.54, 1.807) is 0 Å². The summed E-state index contributed by atoms with van der Waals surface area (Å²) in [4.78, 5) is 12.9. The number of nitrogens with two attached hydrogens (primary N) is 1. The maximum Gasteiger partial charge on any atom is 0.222 e. The fraction of sp³-hybridized carbons (Fsp3) is 0.647. The maximum atomic E-state index is 5.99. The predicted octanol–water partition coefficient (Wildman–Crippen LogP) is 2.80. The quantitative estimate of drug-likeness (QED) is 0.902. The van der Waals surface area contributed by atoms with E-state index in [-0.39, 0.29) is 0 Å². The van der Waals surface area contributed by atoms with Crippen molar-refractivity contribution in [1.29, 1.82) is 0 Å². The van der Waals surface area contributed by atoms with Gasteiger partial charge >= 0.3 is 0 Å². The number of hydrogen-bond donors (Lipinski definition) is 2. The van der Waals surface area contributed by atoms with Gasteiger partial charge in [0.25, 0.3) is 0 Å². The molecule has 0 saturated carbocycles. The van der Waals surface area contributed by atoms with E-state index in [0.717, 1.165) is 43.3 Å². The fourth-order valence-corrected chi connectivity index (χ4v) is 5.04. The summed E-state index contributed by atoms with van der Waals surface area (Å²) in [5.74, 6) is 2.20. The van der Waals surface area contributed by atoms with E-state index >= 15 is 0 Å². The molecule has 2 atom stereocenters. The van der Waals surface area contributed by atoms with Crippen molar-refractivity contribution < 1.29 is 0 Å². The number of hydrogen-bond acceptors (Lipinski definition) is 6. The average molecular weight is 331 g/mol. The van der Waals surface area contributed by atoms with Gasteiger partial charge in [-0.2, -0.15) is 4.98 Å². The van der Waals surface area contributed by atoms with E-state index in [2.05, 4.69) is 33.2 Å². The molecular weight excluding hydrogens is 306 g/mol. The van der Waals surface area contributed by atoms with Gasteiger partial charge in [0.05, 0.1) is 10.2 Å². The van der Waals surface area contributed by atoms with Crippen molar-refractivity contribution in [3.05, 3.63) is 10.9 Å². The maximum absolute atomic E-state index is 5.99. The summed E-state index contributed by atoms with van der Waals surface area (Å²) in [7, 11) is 0. The summed E-state index contributed by atoms with van der Waals surface area (Å²) in [6.45, 7) is 5.51. The van der Waals surface area contributed by atoms with Gasteiger partial charge in [-0.25, -0.2) is 4.98 Å². The van der Waals surface area contributed by atoms with Crippen molar-refractivity contribution in [2.24, 2.45) is 5.92 Å². The van der Waals surface area contributed by atoms with Crippen molar-refractivity contribution in [1.82, 2.24) is 15.3 Å². The molecule has 2 fully saturated rings. The van der Waals surface area contributed by atoms with Crippen LogP contribution in [-0.4, -0.2) is 35.6 Å². The van der Waals surface area contributed by atoms with Crippen LogP contribution in [0.1, 0.15) is 37.5 Å². The largest absolute Gasteiger partial charge is 0.368 e. The molecule has 0 aliphatic carbocycles. The molecule has 4 rings (SSSR count). The van der Waals surface area contributed by atoms with Crippen LogP contribution in [0.5, 0.6) is 0 Å². The number of thiophene rings is 1. The molecule has 2 unspecified atom stereocenters. The first kappa shape index (κ1) is 15.1. The van der Waals surface area contributed by atoms with E-state index in [0.29, 0.717) is 12.0 Å². The summed E-state index contributed by atoms with van der Waals surface area (Å²) in [5.41, 5.74) is 7.01. The van der Waals surface area contributed by atoms with Crippen LogP contribution in [0.15, 0.2) is 6.07 Å². The Bertz CT molecular complexity index is 684.